The van der Waals surface area contributed by atoms with Crippen molar-refractivity contribution in [3.8, 4) is 0 Å². The molecule has 0 rings (SSSR count). The van der Waals surface area contributed by atoms with Crippen molar-refractivity contribution in [1.29, 1.82) is 0 Å². The van der Waals surface area contributed by atoms with E-state index in [0.717, 1.165) is 25.7 Å². The van der Waals surface area contributed by atoms with Gasteiger partial charge in [-0.1, -0.05) is 39.5 Å². The highest BCUT2D eigenvalue weighted by Crippen LogP contribution is 2.41. The third-order valence-corrected chi connectivity index (χ3v) is 6.12. The van der Waals surface area contributed by atoms with Crippen molar-refractivity contribution >= 4 is 15.3 Å². The summed E-state index contributed by atoms with van der Waals surface area (Å²) in [5, 5.41) is 8.71. The molecule has 1 N–H and O–H groups in total. The van der Waals surface area contributed by atoms with E-state index in [-0.39, 0.29) is 0 Å². The minimum absolute atomic E-state index is 0.576. The topological polar surface area (TPSA) is 55.8 Å². The van der Waals surface area contributed by atoms with Gasteiger partial charge < -0.3 is 14.0 Å². The SMILES string of the molecule is CCCCCCC(CC)(C(=O)O)[SiH](OC)OC. The van der Waals surface area contributed by atoms with Crippen LogP contribution in [-0.2, 0) is 13.6 Å². The van der Waals surface area contributed by atoms with E-state index in [1.165, 1.54) is 0 Å². The van der Waals surface area contributed by atoms with Crippen molar-refractivity contribution in [2.45, 2.75) is 57.4 Å². The van der Waals surface area contributed by atoms with Gasteiger partial charge in [-0.25, -0.2) is 0 Å². The second kappa shape index (κ2) is 8.66. The smallest absolute Gasteiger partial charge is 0.338 e. The maximum Gasteiger partial charge on any atom is 0.338 e. The molecule has 0 radical (unpaired) electrons. The van der Waals surface area contributed by atoms with E-state index in [4.69, 9.17) is 8.85 Å². The van der Waals surface area contributed by atoms with Gasteiger partial charge in [0, 0.05) is 14.2 Å². The standard InChI is InChI=1S/C12H26O4Si/c1-5-7-8-9-10-12(6-2,11(13)14)17(15-3)16-4/h17H,5-10H2,1-4H3,(H,13,14). The van der Waals surface area contributed by atoms with E-state index in [9.17, 15) is 9.90 Å². The molecule has 1 unspecified atom stereocenters. The summed E-state index contributed by atoms with van der Waals surface area (Å²) in [7, 11) is 0.959. The Morgan fingerprint density at radius 1 is 1.18 bits per heavy atom. The van der Waals surface area contributed by atoms with Gasteiger partial charge in [0.15, 0.2) is 0 Å². The number of hydrogen-bond acceptors (Lipinski definition) is 3. The van der Waals surface area contributed by atoms with Crippen LogP contribution in [0.2, 0.25) is 5.04 Å². The van der Waals surface area contributed by atoms with Gasteiger partial charge in [-0.2, -0.15) is 0 Å². The molecule has 0 fully saturated rings. The normalized spacial score (nSPS) is 14.9. The Balaban J connectivity index is 4.64. The third-order valence-electron chi connectivity index (χ3n) is 3.41. The van der Waals surface area contributed by atoms with Crippen molar-refractivity contribution in [2.75, 3.05) is 14.2 Å². The molecule has 0 bridgehead atoms. The Morgan fingerprint density at radius 3 is 2.12 bits per heavy atom. The molecule has 102 valence electrons. The molecule has 1 atom stereocenters. The zero-order valence-electron chi connectivity index (χ0n) is 11.5. The number of hydrogen-bond donors (Lipinski definition) is 1. The van der Waals surface area contributed by atoms with Gasteiger partial charge in [0.25, 0.3) is 0 Å². The molecule has 0 aromatic rings. The Labute approximate surface area is 106 Å². The second-order valence-corrected chi connectivity index (χ2v) is 7.14. The number of carboxylic acid groups (broad SMARTS) is 1. The first-order chi connectivity index (χ1) is 8.08. The van der Waals surface area contributed by atoms with Crippen molar-refractivity contribution < 1.29 is 18.8 Å². The molecule has 5 heteroatoms. The molecule has 0 aromatic heterocycles. The van der Waals surface area contributed by atoms with Gasteiger partial charge in [0.2, 0.25) is 0 Å². The quantitative estimate of drug-likeness (QED) is 0.486. The average molecular weight is 262 g/mol. The molecule has 0 spiro atoms. The van der Waals surface area contributed by atoms with Gasteiger partial charge in [0.1, 0.15) is 5.04 Å². The molecule has 0 aliphatic carbocycles. The second-order valence-electron chi connectivity index (χ2n) is 4.43. The number of unbranched alkanes of at least 4 members (excludes halogenated alkanes) is 3. The number of carbonyl (C=O) groups is 1. The molecular weight excluding hydrogens is 236 g/mol. The van der Waals surface area contributed by atoms with E-state index < -0.39 is 20.3 Å². The van der Waals surface area contributed by atoms with Crippen LogP contribution in [0.5, 0.6) is 0 Å². The Morgan fingerprint density at radius 2 is 1.76 bits per heavy atom. The van der Waals surface area contributed by atoms with Crippen LogP contribution in [0.25, 0.3) is 0 Å². The van der Waals surface area contributed by atoms with E-state index in [0.29, 0.717) is 12.8 Å². The summed E-state index contributed by atoms with van der Waals surface area (Å²) < 4.78 is 10.6. The van der Waals surface area contributed by atoms with Gasteiger partial charge in [-0.05, 0) is 12.8 Å². The van der Waals surface area contributed by atoms with Crippen molar-refractivity contribution in [3.63, 3.8) is 0 Å². The van der Waals surface area contributed by atoms with Crippen molar-refractivity contribution in [1.82, 2.24) is 0 Å². The fourth-order valence-corrected chi connectivity index (χ4v) is 4.30. The number of aliphatic carboxylic acids is 1. The maximum absolute atomic E-state index is 11.6. The first-order valence-corrected chi connectivity index (χ1v) is 7.90. The fourth-order valence-electron chi connectivity index (χ4n) is 2.23. The van der Waals surface area contributed by atoms with Crippen LogP contribution in [0, 0.1) is 0 Å². The number of rotatable bonds is 10. The highest BCUT2D eigenvalue weighted by molar-refractivity contribution is 6.54. The monoisotopic (exact) mass is 262 g/mol. The van der Waals surface area contributed by atoms with E-state index in [2.05, 4.69) is 6.92 Å². The van der Waals surface area contributed by atoms with E-state index >= 15 is 0 Å². The zero-order valence-corrected chi connectivity index (χ0v) is 12.6. The zero-order chi connectivity index (χ0) is 13.3. The summed E-state index contributed by atoms with van der Waals surface area (Å²) in [5.74, 6) is -0.767. The van der Waals surface area contributed by atoms with Crippen LogP contribution in [0.4, 0.5) is 0 Å². The van der Waals surface area contributed by atoms with Gasteiger partial charge in [0.05, 0.1) is 0 Å². The van der Waals surface area contributed by atoms with Crippen LogP contribution >= 0.6 is 0 Å². The predicted molar refractivity (Wildman–Crippen MR) is 70.5 cm³/mol. The Bertz CT molecular complexity index is 219. The van der Waals surface area contributed by atoms with Crippen molar-refractivity contribution in [3.05, 3.63) is 0 Å². The number of carboxylic acids is 1. The van der Waals surface area contributed by atoms with Crippen LogP contribution in [0.1, 0.15) is 52.4 Å². The lowest BCUT2D eigenvalue weighted by Crippen LogP contribution is -2.42. The molecule has 0 aromatic carbocycles. The van der Waals surface area contributed by atoms with Gasteiger partial charge in [-0.15, -0.1) is 0 Å². The van der Waals surface area contributed by atoms with Gasteiger partial charge >= 0.3 is 15.3 Å². The highest BCUT2D eigenvalue weighted by atomic mass is 28.3. The average Bonchev–Trinajstić information content (AvgIpc) is 2.33. The van der Waals surface area contributed by atoms with Crippen LogP contribution in [0.15, 0.2) is 0 Å². The maximum atomic E-state index is 11.6. The molecule has 0 saturated heterocycles. The van der Waals surface area contributed by atoms with Crippen molar-refractivity contribution in [2.24, 2.45) is 0 Å². The molecule has 0 aliphatic heterocycles. The summed E-state index contributed by atoms with van der Waals surface area (Å²) in [4.78, 5) is 11.6. The first kappa shape index (κ1) is 16.6. The first-order valence-electron chi connectivity index (χ1n) is 6.38. The molecule has 0 amide bonds. The Kier molecular flexibility index (Phi) is 8.46. The summed E-state index contributed by atoms with van der Waals surface area (Å²) in [6.07, 6.45) is 5.57. The molecule has 0 heterocycles. The van der Waals surface area contributed by atoms with Gasteiger partial charge in [-0.3, -0.25) is 4.79 Å². The fraction of sp³-hybridized carbons (Fsp3) is 0.917. The molecule has 0 saturated carbocycles. The third kappa shape index (κ3) is 4.41. The van der Waals surface area contributed by atoms with Crippen LogP contribution in [0.3, 0.4) is 0 Å². The lowest BCUT2D eigenvalue weighted by atomic mass is 9.97. The predicted octanol–water partition coefficient (Wildman–Crippen LogP) is 2.71. The lowest BCUT2D eigenvalue weighted by Gasteiger charge is -2.32. The molecule has 17 heavy (non-hydrogen) atoms. The Hall–Kier alpha value is -0.393. The highest BCUT2D eigenvalue weighted by Gasteiger charge is 2.47. The van der Waals surface area contributed by atoms with Crippen LogP contribution in [-0.4, -0.2) is 34.6 Å². The summed E-state index contributed by atoms with van der Waals surface area (Å²) in [6.45, 7) is 4.05. The summed E-state index contributed by atoms with van der Waals surface area (Å²) in [6, 6.07) is 0. The largest absolute Gasteiger partial charge is 0.481 e. The van der Waals surface area contributed by atoms with E-state index in [1.54, 1.807) is 14.2 Å². The summed E-state index contributed by atoms with van der Waals surface area (Å²) >= 11 is 0. The lowest BCUT2D eigenvalue weighted by molar-refractivity contribution is -0.142. The van der Waals surface area contributed by atoms with E-state index in [1.807, 2.05) is 6.92 Å². The molecule has 0 aliphatic rings. The van der Waals surface area contributed by atoms with Crippen LogP contribution < -0.4 is 0 Å². The summed E-state index contributed by atoms with van der Waals surface area (Å²) in [5.41, 5.74) is 0. The minimum atomic E-state index is -2.15. The molecular formula is C12H26O4Si. The molecule has 4 nitrogen and oxygen atoms in total. The minimum Gasteiger partial charge on any atom is -0.481 e.